The smallest absolute Gasteiger partial charge is 0.309 e. The summed E-state index contributed by atoms with van der Waals surface area (Å²) in [6.07, 6.45) is 23.0. The number of nitrogens with one attached hydrogen (secondary N) is 4. The number of amides is 2. The van der Waals surface area contributed by atoms with Gasteiger partial charge in [-0.05, 0) is 174 Å². The Morgan fingerprint density at radius 3 is 1.26 bits per heavy atom. The predicted molar refractivity (Wildman–Crippen MR) is 261 cm³/mol. The van der Waals surface area contributed by atoms with Crippen molar-refractivity contribution >= 4 is 58.9 Å². The quantitative estimate of drug-likeness (QED) is 0.0878. The van der Waals surface area contributed by atoms with Gasteiger partial charge >= 0.3 is 11.9 Å². The summed E-state index contributed by atoms with van der Waals surface area (Å²) in [5.74, 6) is 5.03. The molecule has 66 heavy (non-hydrogen) atoms. The van der Waals surface area contributed by atoms with E-state index in [4.69, 9.17) is 9.97 Å². The van der Waals surface area contributed by atoms with Crippen LogP contribution in [-0.4, -0.2) is 79.6 Å². The highest BCUT2D eigenvalue weighted by molar-refractivity contribution is 7.99. The highest BCUT2D eigenvalue weighted by atomic mass is 32.2. The van der Waals surface area contributed by atoms with Crippen molar-refractivity contribution in [2.45, 2.75) is 189 Å². The molecule has 0 aromatic carbocycles. The lowest BCUT2D eigenvalue weighted by molar-refractivity contribution is -0.166. The van der Waals surface area contributed by atoms with Crippen LogP contribution in [0.3, 0.4) is 0 Å². The molecule has 10 aliphatic carbocycles. The second kappa shape index (κ2) is 20.6. The van der Waals surface area contributed by atoms with E-state index in [1.165, 1.54) is 38.5 Å². The van der Waals surface area contributed by atoms with E-state index in [1.807, 2.05) is 24.3 Å². The summed E-state index contributed by atoms with van der Waals surface area (Å²) in [4.78, 5) is 60.0. The first-order valence-electron chi connectivity index (χ1n) is 25.8. The maximum atomic E-state index is 13.1. The number of carboxylic acids is 2. The average Bonchev–Trinajstić information content (AvgIpc) is 3.30. The van der Waals surface area contributed by atoms with Crippen molar-refractivity contribution in [3.63, 3.8) is 0 Å². The van der Waals surface area contributed by atoms with Gasteiger partial charge in [0.05, 0.1) is 22.0 Å². The third-order valence-corrected chi connectivity index (χ3v) is 19.5. The van der Waals surface area contributed by atoms with E-state index in [2.05, 4.69) is 35.1 Å². The van der Waals surface area contributed by atoms with Gasteiger partial charge in [-0.15, -0.1) is 23.5 Å². The largest absolute Gasteiger partial charge is 0.481 e. The van der Waals surface area contributed by atoms with Crippen molar-refractivity contribution in [2.75, 3.05) is 22.1 Å². The number of aliphatic carboxylic acids is 2. The molecule has 8 bridgehead atoms. The molecule has 2 heterocycles. The van der Waals surface area contributed by atoms with Gasteiger partial charge in [0, 0.05) is 24.2 Å². The lowest BCUT2D eigenvalue weighted by Gasteiger charge is -2.58. The molecule has 6 unspecified atom stereocenters. The molecule has 14 heteroatoms. The third kappa shape index (κ3) is 10.3. The molecule has 0 spiro atoms. The number of nitrogens with zero attached hydrogens (tertiary/aromatic N) is 2. The summed E-state index contributed by atoms with van der Waals surface area (Å²) in [6, 6.07) is 8.89. The van der Waals surface area contributed by atoms with Crippen molar-refractivity contribution in [1.29, 1.82) is 0 Å². The second-order valence-electron chi connectivity index (χ2n) is 21.9. The highest BCUT2D eigenvalue weighted by Crippen LogP contribution is 2.62. The summed E-state index contributed by atoms with van der Waals surface area (Å²) >= 11 is 3.31. The SMILES string of the molecule is CCCSc1nc(NC2[C@@H]3CC4C[C@H]2CC(C(=O)O)(C4)C3)ccc1C(=O)NC1CCCCC1.CCCSc1nc(NC2[C@@H]3CC4C[C@H]2CC(C(=O)O)(C4)C3)ccc1C(=O)NC1CCCCC1. The second-order valence-corrected chi connectivity index (χ2v) is 24.0. The molecule has 0 saturated heterocycles. The lowest BCUT2D eigenvalue weighted by Crippen LogP contribution is -2.58. The van der Waals surface area contributed by atoms with Crippen LogP contribution in [0.15, 0.2) is 34.3 Å². The molecule has 0 radical (unpaired) electrons. The van der Waals surface area contributed by atoms with E-state index < -0.39 is 22.8 Å². The minimum Gasteiger partial charge on any atom is -0.481 e. The number of anilines is 2. The van der Waals surface area contributed by atoms with E-state index in [0.717, 1.165) is 136 Å². The Morgan fingerprint density at radius 1 is 0.561 bits per heavy atom. The highest BCUT2D eigenvalue weighted by Gasteiger charge is 2.60. The Morgan fingerprint density at radius 2 is 0.924 bits per heavy atom. The van der Waals surface area contributed by atoms with Crippen molar-refractivity contribution in [1.82, 2.24) is 20.6 Å². The lowest BCUT2D eigenvalue weighted by atomic mass is 9.48. The van der Waals surface area contributed by atoms with E-state index in [1.54, 1.807) is 23.5 Å². The van der Waals surface area contributed by atoms with Crippen LogP contribution in [0, 0.1) is 46.3 Å². The first-order valence-corrected chi connectivity index (χ1v) is 27.8. The average molecular weight is 943 g/mol. The molecular weight excluding hydrogens is 869 g/mol. The molecule has 360 valence electrons. The maximum Gasteiger partial charge on any atom is 0.309 e. The summed E-state index contributed by atoms with van der Waals surface area (Å²) in [5.41, 5.74) is 0.371. The van der Waals surface area contributed by atoms with Crippen LogP contribution in [0.4, 0.5) is 11.6 Å². The van der Waals surface area contributed by atoms with Crippen LogP contribution in [-0.2, 0) is 9.59 Å². The van der Waals surface area contributed by atoms with E-state index in [9.17, 15) is 29.4 Å². The molecule has 10 aliphatic rings. The van der Waals surface area contributed by atoms with Gasteiger partial charge in [-0.2, -0.15) is 0 Å². The van der Waals surface area contributed by atoms with Crippen LogP contribution in [0.1, 0.15) is 176 Å². The van der Waals surface area contributed by atoms with Crippen LogP contribution in [0.5, 0.6) is 0 Å². The van der Waals surface area contributed by atoms with Gasteiger partial charge in [-0.25, -0.2) is 9.97 Å². The number of hydrogen-bond acceptors (Lipinski definition) is 10. The molecule has 0 aliphatic heterocycles. The monoisotopic (exact) mass is 943 g/mol. The van der Waals surface area contributed by atoms with Gasteiger partial charge < -0.3 is 31.5 Å². The van der Waals surface area contributed by atoms with E-state index in [0.29, 0.717) is 46.6 Å². The van der Waals surface area contributed by atoms with Crippen LogP contribution in [0.2, 0.25) is 0 Å². The fraction of sp³-hybridized carbons (Fsp3) is 0.731. The maximum absolute atomic E-state index is 13.1. The molecule has 2 aromatic heterocycles. The topological polar surface area (TPSA) is 183 Å². The zero-order valence-corrected chi connectivity index (χ0v) is 40.9. The van der Waals surface area contributed by atoms with Crippen LogP contribution >= 0.6 is 23.5 Å². The molecule has 2 aromatic rings. The van der Waals surface area contributed by atoms with Crippen molar-refractivity contribution in [2.24, 2.45) is 46.3 Å². The zero-order chi connectivity index (χ0) is 46.0. The Kier molecular flexibility index (Phi) is 14.8. The Bertz CT molecular complexity index is 1920. The molecule has 10 saturated carbocycles. The van der Waals surface area contributed by atoms with Gasteiger partial charge in [-0.3, -0.25) is 19.2 Å². The summed E-state index contributed by atoms with van der Waals surface area (Å²) < 4.78 is 0. The van der Waals surface area contributed by atoms with Gasteiger partial charge in [0.2, 0.25) is 0 Å². The minimum atomic E-state index is -0.593. The first-order chi connectivity index (χ1) is 31.9. The number of hydrogen-bond donors (Lipinski definition) is 6. The molecule has 10 atom stereocenters. The number of pyridine rings is 2. The van der Waals surface area contributed by atoms with Crippen LogP contribution in [0.25, 0.3) is 0 Å². The summed E-state index contributed by atoms with van der Waals surface area (Å²) in [5, 5.41) is 35.3. The van der Waals surface area contributed by atoms with Crippen LogP contribution < -0.4 is 21.3 Å². The van der Waals surface area contributed by atoms with E-state index in [-0.39, 0.29) is 36.0 Å². The van der Waals surface area contributed by atoms with Gasteiger partial charge in [0.15, 0.2) is 0 Å². The summed E-state index contributed by atoms with van der Waals surface area (Å²) in [6.45, 7) is 4.29. The van der Waals surface area contributed by atoms with E-state index >= 15 is 0 Å². The Hall–Kier alpha value is -3.52. The molecular formula is C52H74N6O6S2. The number of carbonyl (C=O) groups excluding carboxylic acids is 2. The minimum absolute atomic E-state index is 0.00224. The van der Waals surface area contributed by atoms with Gasteiger partial charge in [0.25, 0.3) is 11.8 Å². The fourth-order valence-corrected chi connectivity index (χ4v) is 16.2. The number of carboxylic acid groups (broad SMARTS) is 2. The third-order valence-electron chi connectivity index (χ3n) is 17.1. The standard InChI is InChI=1S/2C26H37N3O3S/c2*1-2-10-33-24-20(23(30)27-19-6-4-3-5-7-19)8-9-21(29-24)28-22-17-11-16-12-18(22)15-26(13-16,14-17)25(31)32/h2*8-9,16-19,22H,2-7,10-15H2,1H3,(H,27,30)(H,28,29)(H,31,32)/t2*16?,17-,18+,22?,26?. The number of thioether (sulfide) groups is 2. The fourth-order valence-electron chi connectivity index (χ4n) is 14.4. The molecule has 2 amide bonds. The molecule has 6 N–H and O–H groups in total. The van der Waals surface area contributed by atoms with Crippen molar-refractivity contribution in [3.05, 3.63) is 35.4 Å². The number of aromatic nitrogens is 2. The Labute approximate surface area is 400 Å². The zero-order valence-electron chi connectivity index (χ0n) is 39.3. The first kappa shape index (κ1) is 47.5. The predicted octanol–water partition coefficient (Wildman–Crippen LogP) is 10.7. The molecule has 10 fully saturated rings. The number of rotatable bonds is 16. The normalized spacial score (nSPS) is 33.1. The van der Waals surface area contributed by atoms with Crippen molar-refractivity contribution in [3.8, 4) is 0 Å². The van der Waals surface area contributed by atoms with Crippen molar-refractivity contribution < 1.29 is 29.4 Å². The molecule has 12 nitrogen and oxygen atoms in total. The van der Waals surface area contributed by atoms with Gasteiger partial charge in [0.1, 0.15) is 21.7 Å². The number of carbonyl (C=O) groups is 4. The van der Waals surface area contributed by atoms with Gasteiger partial charge in [-0.1, -0.05) is 52.4 Å². The Balaban J connectivity index is 0.000000166. The summed E-state index contributed by atoms with van der Waals surface area (Å²) in [7, 11) is 0. The molecule has 12 rings (SSSR count).